The van der Waals surface area contributed by atoms with E-state index in [1.165, 1.54) is 0 Å². The highest BCUT2D eigenvalue weighted by atomic mass is 16.5. The van der Waals surface area contributed by atoms with Crippen LogP contribution < -0.4 is 10.6 Å². The number of rotatable bonds is 6. The van der Waals surface area contributed by atoms with Gasteiger partial charge in [-0.3, -0.25) is 9.78 Å². The number of amides is 3. The Bertz CT molecular complexity index is 827. The zero-order valence-electron chi connectivity index (χ0n) is 16.3. The quantitative estimate of drug-likeness (QED) is 0.805. The first-order chi connectivity index (χ1) is 13.5. The van der Waals surface area contributed by atoms with E-state index in [0.717, 1.165) is 11.3 Å². The normalized spacial score (nSPS) is 18.7. The molecular weight excluding hydrogens is 356 g/mol. The molecule has 2 aromatic rings. The number of hydrogen-bond donors (Lipinski definition) is 2. The summed E-state index contributed by atoms with van der Waals surface area (Å²) >= 11 is 0. The zero-order valence-corrected chi connectivity index (χ0v) is 16.3. The third-order valence-electron chi connectivity index (χ3n) is 4.99. The number of nitrogens with one attached hydrogen (secondary N) is 2. The van der Waals surface area contributed by atoms with Crippen LogP contribution >= 0.6 is 0 Å². The Hall–Kier alpha value is -2.93. The van der Waals surface area contributed by atoms with Crippen molar-refractivity contribution in [2.45, 2.75) is 25.3 Å². The standard InChI is InChI=1S/C21H26N4O3/c1-16-5-3-7-18(13-16)23-20(27)24-21(9-12-28-2)8-11-25(15-21)19(26)17-6-4-10-22-14-17/h3-7,10,13-14H,8-9,11-12,15H2,1-2H3,(H2,23,24,27). The van der Waals surface area contributed by atoms with Crippen molar-refractivity contribution in [1.82, 2.24) is 15.2 Å². The maximum Gasteiger partial charge on any atom is 0.319 e. The molecule has 0 radical (unpaired) electrons. The van der Waals surface area contributed by atoms with Gasteiger partial charge < -0.3 is 20.3 Å². The summed E-state index contributed by atoms with van der Waals surface area (Å²) in [6.07, 6.45) is 4.50. The molecule has 1 fully saturated rings. The molecule has 1 aromatic carbocycles. The first-order valence-corrected chi connectivity index (χ1v) is 9.35. The van der Waals surface area contributed by atoms with E-state index in [2.05, 4.69) is 15.6 Å². The van der Waals surface area contributed by atoms with E-state index in [1.807, 2.05) is 31.2 Å². The lowest BCUT2D eigenvalue weighted by Gasteiger charge is -2.30. The van der Waals surface area contributed by atoms with Gasteiger partial charge in [-0.25, -0.2) is 4.79 Å². The third kappa shape index (κ3) is 4.86. The van der Waals surface area contributed by atoms with Gasteiger partial charge in [-0.05, 0) is 49.6 Å². The summed E-state index contributed by atoms with van der Waals surface area (Å²) in [5, 5.41) is 5.97. The predicted molar refractivity (Wildman–Crippen MR) is 107 cm³/mol. The zero-order chi connectivity index (χ0) is 20.0. The molecule has 0 saturated carbocycles. The molecule has 1 unspecified atom stereocenters. The van der Waals surface area contributed by atoms with Gasteiger partial charge in [0.15, 0.2) is 0 Å². The van der Waals surface area contributed by atoms with E-state index in [0.29, 0.717) is 38.1 Å². The number of anilines is 1. The molecule has 7 heteroatoms. The lowest BCUT2D eigenvalue weighted by atomic mass is 9.94. The molecule has 1 aromatic heterocycles. The topological polar surface area (TPSA) is 83.6 Å². The average Bonchev–Trinajstić information content (AvgIpc) is 3.10. The SMILES string of the molecule is COCCC1(NC(=O)Nc2cccc(C)c2)CCN(C(=O)c2cccnc2)C1. The second kappa shape index (κ2) is 8.84. The van der Waals surface area contributed by atoms with Crippen LogP contribution in [0.3, 0.4) is 0 Å². The number of carbonyl (C=O) groups excluding carboxylic acids is 2. The van der Waals surface area contributed by atoms with Crippen molar-refractivity contribution in [3.05, 3.63) is 59.9 Å². The minimum Gasteiger partial charge on any atom is -0.385 e. The summed E-state index contributed by atoms with van der Waals surface area (Å²) in [6.45, 7) is 3.48. The first kappa shape index (κ1) is 19.8. The lowest BCUT2D eigenvalue weighted by molar-refractivity contribution is 0.0772. The van der Waals surface area contributed by atoms with Gasteiger partial charge in [0.1, 0.15) is 0 Å². The van der Waals surface area contributed by atoms with Gasteiger partial charge in [0.25, 0.3) is 5.91 Å². The Kier molecular flexibility index (Phi) is 6.26. The first-order valence-electron chi connectivity index (χ1n) is 9.35. The molecule has 0 aliphatic carbocycles. The fraction of sp³-hybridized carbons (Fsp3) is 0.381. The lowest BCUT2D eigenvalue weighted by Crippen LogP contribution is -2.53. The summed E-state index contributed by atoms with van der Waals surface area (Å²) in [5.74, 6) is -0.0757. The number of likely N-dealkylation sites (tertiary alicyclic amines) is 1. The van der Waals surface area contributed by atoms with Gasteiger partial charge in [-0.2, -0.15) is 0 Å². The minimum absolute atomic E-state index is 0.0757. The van der Waals surface area contributed by atoms with E-state index in [1.54, 1.807) is 36.5 Å². The van der Waals surface area contributed by atoms with Gasteiger partial charge in [-0.1, -0.05) is 12.1 Å². The second-order valence-electron chi connectivity index (χ2n) is 7.19. The molecule has 148 valence electrons. The van der Waals surface area contributed by atoms with Crippen LogP contribution in [0.25, 0.3) is 0 Å². The van der Waals surface area contributed by atoms with E-state index in [9.17, 15) is 9.59 Å². The second-order valence-corrected chi connectivity index (χ2v) is 7.19. The molecule has 3 amide bonds. The Balaban J connectivity index is 1.69. The van der Waals surface area contributed by atoms with Crippen LogP contribution in [0.1, 0.15) is 28.8 Å². The van der Waals surface area contributed by atoms with Crippen LogP contribution in [-0.4, -0.2) is 54.2 Å². The highest BCUT2D eigenvalue weighted by Crippen LogP contribution is 2.27. The summed E-state index contributed by atoms with van der Waals surface area (Å²) < 4.78 is 5.24. The van der Waals surface area contributed by atoms with E-state index in [4.69, 9.17) is 4.74 Å². The number of nitrogens with zero attached hydrogens (tertiary/aromatic N) is 2. The van der Waals surface area contributed by atoms with Gasteiger partial charge in [0.05, 0.1) is 11.1 Å². The number of hydrogen-bond acceptors (Lipinski definition) is 4. The van der Waals surface area contributed by atoms with Gasteiger partial charge in [-0.15, -0.1) is 0 Å². The molecule has 7 nitrogen and oxygen atoms in total. The smallest absolute Gasteiger partial charge is 0.319 e. The van der Waals surface area contributed by atoms with Crippen molar-refractivity contribution in [3.63, 3.8) is 0 Å². The van der Waals surface area contributed by atoms with Gasteiger partial charge in [0, 0.05) is 44.9 Å². The van der Waals surface area contributed by atoms with Crippen molar-refractivity contribution in [2.24, 2.45) is 0 Å². The van der Waals surface area contributed by atoms with Crippen LogP contribution in [0.4, 0.5) is 10.5 Å². The molecule has 1 aliphatic heterocycles. The van der Waals surface area contributed by atoms with Gasteiger partial charge >= 0.3 is 6.03 Å². The number of benzene rings is 1. The van der Waals surface area contributed by atoms with Crippen molar-refractivity contribution >= 4 is 17.6 Å². The van der Waals surface area contributed by atoms with Crippen LogP contribution in [0, 0.1) is 6.92 Å². The molecule has 28 heavy (non-hydrogen) atoms. The molecule has 3 rings (SSSR count). The minimum atomic E-state index is -0.526. The molecule has 0 bridgehead atoms. The number of pyridine rings is 1. The molecule has 1 atom stereocenters. The maximum atomic E-state index is 12.7. The average molecular weight is 382 g/mol. The Morgan fingerprint density at radius 3 is 2.86 bits per heavy atom. The van der Waals surface area contributed by atoms with Crippen molar-refractivity contribution in [2.75, 3.05) is 32.1 Å². The number of urea groups is 1. The highest BCUT2D eigenvalue weighted by molar-refractivity contribution is 5.94. The van der Waals surface area contributed by atoms with Crippen LogP contribution in [0.5, 0.6) is 0 Å². The Labute approximate surface area is 165 Å². The number of methoxy groups -OCH3 is 1. The largest absolute Gasteiger partial charge is 0.385 e. The number of aryl methyl sites for hydroxylation is 1. The maximum absolute atomic E-state index is 12.7. The number of aromatic nitrogens is 1. The van der Waals surface area contributed by atoms with Crippen molar-refractivity contribution in [3.8, 4) is 0 Å². The predicted octanol–water partition coefficient (Wildman–Crippen LogP) is 2.83. The third-order valence-corrected chi connectivity index (χ3v) is 4.99. The molecule has 1 aliphatic rings. The number of ether oxygens (including phenoxy) is 1. The van der Waals surface area contributed by atoms with Gasteiger partial charge in [0.2, 0.25) is 0 Å². The van der Waals surface area contributed by atoms with E-state index < -0.39 is 5.54 Å². The van der Waals surface area contributed by atoms with Crippen LogP contribution in [0.15, 0.2) is 48.8 Å². The number of carbonyl (C=O) groups is 2. The highest BCUT2D eigenvalue weighted by Gasteiger charge is 2.41. The molecule has 0 spiro atoms. The Morgan fingerprint density at radius 1 is 1.29 bits per heavy atom. The van der Waals surface area contributed by atoms with Crippen molar-refractivity contribution in [1.29, 1.82) is 0 Å². The monoisotopic (exact) mass is 382 g/mol. The fourth-order valence-corrected chi connectivity index (χ4v) is 3.51. The molecular formula is C21H26N4O3. The van der Waals surface area contributed by atoms with E-state index in [-0.39, 0.29) is 11.9 Å². The summed E-state index contributed by atoms with van der Waals surface area (Å²) in [4.78, 5) is 31.1. The van der Waals surface area contributed by atoms with Crippen LogP contribution in [0.2, 0.25) is 0 Å². The molecule has 2 N–H and O–H groups in total. The van der Waals surface area contributed by atoms with Crippen LogP contribution in [-0.2, 0) is 4.74 Å². The van der Waals surface area contributed by atoms with E-state index >= 15 is 0 Å². The summed E-state index contributed by atoms with van der Waals surface area (Å²) in [7, 11) is 1.63. The summed E-state index contributed by atoms with van der Waals surface area (Å²) in [5.41, 5.74) is 1.83. The summed E-state index contributed by atoms with van der Waals surface area (Å²) in [6, 6.07) is 10.8. The molecule has 1 saturated heterocycles. The fourth-order valence-electron chi connectivity index (χ4n) is 3.51. The molecule has 2 heterocycles. The Morgan fingerprint density at radius 2 is 2.14 bits per heavy atom. The van der Waals surface area contributed by atoms with Crippen molar-refractivity contribution < 1.29 is 14.3 Å².